The molecule has 0 saturated heterocycles. The molecule has 3 rings (SSSR count). The number of hydrogen-bond donors (Lipinski definition) is 2. The van der Waals surface area contributed by atoms with Crippen LogP contribution in [0.3, 0.4) is 0 Å². The van der Waals surface area contributed by atoms with E-state index in [-0.39, 0.29) is 30.3 Å². The maximum Gasteiger partial charge on any atom is 0.261 e. The van der Waals surface area contributed by atoms with Crippen LogP contribution in [0.25, 0.3) is 10.9 Å². The number of benzene rings is 2. The van der Waals surface area contributed by atoms with Crippen LogP contribution < -0.4 is 16.2 Å². The number of carbonyl (C=O) groups is 2. The molecule has 0 unspecified atom stereocenters. The minimum atomic E-state index is -0.199. The van der Waals surface area contributed by atoms with Gasteiger partial charge in [-0.25, -0.2) is 4.98 Å². The molecule has 28 heavy (non-hydrogen) atoms. The van der Waals surface area contributed by atoms with Gasteiger partial charge in [-0.2, -0.15) is 0 Å². The Bertz CT molecular complexity index is 1070. The standard InChI is InChI=1S/C21H22N4O3/c1-14-4-3-5-17-20(14)23-13-25(21(17)28)11-10-18(26)24-16-8-6-15(7-9-16)12-19(27)22-2/h3-9,13H,10-12H2,1-2H3,(H,22,27)(H,24,26). The predicted molar refractivity (Wildman–Crippen MR) is 108 cm³/mol. The van der Waals surface area contributed by atoms with Crippen molar-refractivity contribution >= 4 is 28.4 Å². The SMILES string of the molecule is CNC(=O)Cc1ccc(NC(=O)CCn2cnc3c(C)cccc3c2=O)cc1. The Morgan fingerprint density at radius 3 is 2.54 bits per heavy atom. The van der Waals surface area contributed by atoms with Crippen LogP contribution in [0.5, 0.6) is 0 Å². The Morgan fingerprint density at radius 1 is 1.07 bits per heavy atom. The highest BCUT2D eigenvalue weighted by molar-refractivity contribution is 5.90. The van der Waals surface area contributed by atoms with Crippen molar-refractivity contribution in [1.29, 1.82) is 0 Å². The van der Waals surface area contributed by atoms with Crippen LogP contribution in [0.2, 0.25) is 0 Å². The van der Waals surface area contributed by atoms with Gasteiger partial charge in [-0.3, -0.25) is 19.0 Å². The van der Waals surface area contributed by atoms with E-state index in [0.717, 1.165) is 11.1 Å². The highest BCUT2D eigenvalue weighted by Gasteiger charge is 2.08. The molecule has 0 atom stereocenters. The third kappa shape index (κ3) is 4.43. The zero-order chi connectivity index (χ0) is 20.1. The van der Waals surface area contributed by atoms with Crippen LogP contribution in [0.15, 0.2) is 53.6 Å². The van der Waals surface area contributed by atoms with E-state index in [1.165, 1.54) is 10.9 Å². The topological polar surface area (TPSA) is 93.1 Å². The molecule has 3 aromatic rings. The van der Waals surface area contributed by atoms with Crippen LogP contribution >= 0.6 is 0 Å². The molecule has 0 bridgehead atoms. The summed E-state index contributed by atoms with van der Waals surface area (Å²) >= 11 is 0. The molecule has 2 N–H and O–H groups in total. The lowest BCUT2D eigenvalue weighted by atomic mass is 10.1. The summed E-state index contributed by atoms with van der Waals surface area (Å²) in [5.74, 6) is -0.267. The zero-order valence-corrected chi connectivity index (χ0v) is 15.9. The van der Waals surface area contributed by atoms with Gasteiger partial charge in [0.15, 0.2) is 0 Å². The molecule has 0 spiro atoms. The zero-order valence-electron chi connectivity index (χ0n) is 15.9. The number of rotatable bonds is 6. The lowest BCUT2D eigenvalue weighted by Gasteiger charge is -2.09. The molecular formula is C21H22N4O3. The van der Waals surface area contributed by atoms with Crippen molar-refractivity contribution in [2.75, 3.05) is 12.4 Å². The minimum Gasteiger partial charge on any atom is -0.359 e. The number of nitrogens with zero attached hydrogens (tertiary/aromatic N) is 2. The normalized spacial score (nSPS) is 10.6. The molecule has 2 amide bonds. The maximum atomic E-state index is 12.6. The molecule has 0 radical (unpaired) electrons. The van der Waals surface area contributed by atoms with Gasteiger partial charge >= 0.3 is 0 Å². The number of aryl methyl sites for hydroxylation is 2. The smallest absolute Gasteiger partial charge is 0.261 e. The number of para-hydroxylation sites is 1. The quantitative estimate of drug-likeness (QED) is 0.686. The van der Waals surface area contributed by atoms with E-state index in [9.17, 15) is 14.4 Å². The Labute approximate surface area is 162 Å². The van der Waals surface area contributed by atoms with Crippen LogP contribution in [-0.4, -0.2) is 28.4 Å². The first-order chi connectivity index (χ1) is 13.5. The first-order valence-electron chi connectivity index (χ1n) is 9.02. The van der Waals surface area contributed by atoms with Crippen molar-refractivity contribution in [2.24, 2.45) is 0 Å². The van der Waals surface area contributed by atoms with E-state index >= 15 is 0 Å². The lowest BCUT2D eigenvalue weighted by molar-refractivity contribution is -0.120. The minimum absolute atomic E-state index is 0.0681. The third-order valence-electron chi connectivity index (χ3n) is 4.52. The number of carbonyl (C=O) groups excluding carboxylic acids is 2. The largest absolute Gasteiger partial charge is 0.359 e. The summed E-state index contributed by atoms with van der Waals surface area (Å²) in [5.41, 5.74) is 2.98. The number of aromatic nitrogens is 2. The third-order valence-corrected chi connectivity index (χ3v) is 4.52. The fourth-order valence-electron chi connectivity index (χ4n) is 2.92. The van der Waals surface area contributed by atoms with Crippen molar-refractivity contribution in [2.45, 2.75) is 26.3 Å². The van der Waals surface area contributed by atoms with Gasteiger partial charge < -0.3 is 10.6 Å². The van der Waals surface area contributed by atoms with Gasteiger partial charge in [-0.15, -0.1) is 0 Å². The second-order valence-corrected chi connectivity index (χ2v) is 6.56. The van der Waals surface area contributed by atoms with Crippen molar-refractivity contribution in [3.63, 3.8) is 0 Å². The maximum absolute atomic E-state index is 12.6. The Hall–Kier alpha value is -3.48. The fraction of sp³-hybridized carbons (Fsp3) is 0.238. The number of likely N-dealkylation sites (N-methyl/N-ethyl adjacent to an activating group) is 1. The van der Waals surface area contributed by atoms with E-state index in [2.05, 4.69) is 15.6 Å². The first kappa shape index (κ1) is 19.3. The van der Waals surface area contributed by atoms with Crippen molar-refractivity contribution in [3.8, 4) is 0 Å². The summed E-state index contributed by atoms with van der Waals surface area (Å²) in [7, 11) is 1.59. The Balaban J connectivity index is 1.61. The average molecular weight is 378 g/mol. The van der Waals surface area contributed by atoms with E-state index < -0.39 is 0 Å². The fourth-order valence-corrected chi connectivity index (χ4v) is 2.92. The van der Waals surface area contributed by atoms with E-state index in [1.54, 1.807) is 37.4 Å². The van der Waals surface area contributed by atoms with Gasteiger partial charge in [0.2, 0.25) is 11.8 Å². The second kappa shape index (κ2) is 8.47. The molecule has 0 fully saturated rings. The predicted octanol–water partition coefficient (Wildman–Crippen LogP) is 2.02. The average Bonchev–Trinajstić information content (AvgIpc) is 2.69. The van der Waals surface area contributed by atoms with Gasteiger partial charge in [0.05, 0.1) is 23.7 Å². The Kier molecular flexibility index (Phi) is 5.84. The molecule has 0 saturated carbocycles. The number of fused-ring (bicyclic) bond motifs is 1. The number of amides is 2. The van der Waals surface area contributed by atoms with Crippen LogP contribution in [-0.2, 0) is 22.6 Å². The molecule has 2 aromatic carbocycles. The number of anilines is 1. The summed E-state index contributed by atoms with van der Waals surface area (Å²) in [4.78, 5) is 40.5. The molecule has 1 heterocycles. The second-order valence-electron chi connectivity index (χ2n) is 6.56. The number of hydrogen-bond acceptors (Lipinski definition) is 4. The first-order valence-corrected chi connectivity index (χ1v) is 9.02. The van der Waals surface area contributed by atoms with Gasteiger partial charge in [0.25, 0.3) is 5.56 Å². The van der Waals surface area contributed by atoms with E-state index in [4.69, 9.17) is 0 Å². The van der Waals surface area contributed by atoms with Crippen LogP contribution in [0.1, 0.15) is 17.5 Å². The van der Waals surface area contributed by atoms with Gasteiger partial charge in [-0.05, 0) is 36.2 Å². The molecule has 0 aliphatic heterocycles. The van der Waals surface area contributed by atoms with Crippen molar-refractivity contribution < 1.29 is 9.59 Å². The highest BCUT2D eigenvalue weighted by atomic mass is 16.2. The summed E-state index contributed by atoms with van der Waals surface area (Å²) in [5, 5.41) is 5.92. The molecule has 0 aliphatic carbocycles. The van der Waals surface area contributed by atoms with Gasteiger partial charge in [0, 0.05) is 25.7 Å². The molecule has 144 valence electrons. The van der Waals surface area contributed by atoms with Crippen molar-refractivity contribution in [1.82, 2.24) is 14.9 Å². The highest BCUT2D eigenvalue weighted by Crippen LogP contribution is 2.12. The lowest BCUT2D eigenvalue weighted by Crippen LogP contribution is -2.24. The van der Waals surface area contributed by atoms with E-state index in [1.807, 2.05) is 19.1 Å². The molecule has 7 nitrogen and oxygen atoms in total. The van der Waals surface area contributed by atoms with Gasteiger partial charge in [0.1, 0.15) is 0 Å². The monoisotopic (exact) mass is 378 g/mol. The van der Waals surface area contributed by atoms with E-state index in [0.29, 0.717) is 23.0 Å². The summed E-state index contributed by atoms with van der Waals surface area (Å²) < 4.78 is 1.45. The van der Waals surface area contributed by atoms with Crippen molar-refractivity contribution in [3.05, 3.63) is 70.3 Å². The summed E-state index contributed by atoms with van der Waals surface area (Å²) in [6.07, 6.45) is 1.93. The summed E-state index contributed by atoms with van der Waals surface area (Å²) in [6, 6.07) is 12.6. The summed E-state index contributed by atoms with van der Waals surface area (Å²) in [6.45, 7) is 2.16. The van der Waals surface area contributed by atoms with Gasteiger partial charge in [-0.1, -0.05) is 24.3 Å². The molecule has 0 aliphatic rings. The van der Waals surface area contributed by atoms with Crippen LogP contribution in [0.4, 0.5) is 5.69 Å². The molecule has 7 heteroatoms. The Morgan fingerprint density at radius 2 is 1.82 bits per heavy atom. The number of nitrogens with one attached hydrogen (secondary N) is 2. The molecule has 1 aromatic heterocycles. The molecular weight excluding hydrogens is 356 g/mol. The van der Waals surface area contributed by atoms with Crippen LogP contribution in [0, 0.1) is 6.92 Å².